The van der Waals surface area contributed by atoms with Crippen molar-refractivity contribution in [3.63, 3.8) is 0 Å². The van der Waals surface area contributed by atoms with Gasteiger partial charge < -0.3 is 5.32 Å². The Morgan fingerprint density at radius 2 is 1.95 bits per heavy atom. The van der Waals surface area contributed by atoms with E-state index in [1.165, 1.54) is 22.9 Å². The van der Waals surface area contributed by atoms with Crippen LogP contribution in [0.2, 0.25) is 0 Å². The normalized spacial score (nSPS) is 21.5. The lowest BCUT2D eigenvalue weighted by molar-refractivity contribution is 0.288. The number of aromatic nitrogens is 1. The van der Waals surface area contributed by atoms with Crippen molar-refractivity contribution < 1.29 is 0 Å². The summed E-state index contributed by atoms with van der Waals surface area (Å²) >= 11 is 3.64. The highest BCUT2D eigenvalue weighted by Crippen LogP contribution is 2.39. The van der Waals surface area contributed by atoms with Crippen molar-refractivity contribution in [3.8, 4) is 0 Å². The first-order valence-corrected chi connectivity index (χ1v) is 7.92. The number of pyridine rings is 1. The Morgan fingerprint density at radius 1 is 1.15 bits per heavy atom. The second-order valence-corrected chi connectivity index (χ2v) is 6.39. The van der Waals surface area contributed by atoms with Gasteiger partial charge in [-0.05, 0) is 49.4 Å². The zero-order chi connectivity index (χ0) is 13.9. The first kappa shape index (κ1) is 13.8. The molecule has 0 saturated heterocycles. The van der Waals surface area contributed by atoms with Crippen LogP contribution in [0.3, 0.4) is 0 Å². The molecule has 0 bridgehead atoms. The quantitative estimate of drug-likeness (QED) is 0.909. The highest BCUT2D eigenvalue weighted by molar-refractivity contribution is 9.10. The lowest BCUT2D eigenvalue weighted by Gasteiger charge is -2.36. The summed E-state index contributed by atoms with van der Waals surface area (Å²) in [6.07, 6.45) is 2.43. The molecule has 1 aromatic heterocycles. The predicted octanol–water partition coefficient (Wildman–Crippen LogP) is 4.19. The first-order valence-electron chi connectivity index (χ1n) is 7.13. The van der Waals surface area contributed by atoms with Crippen LogP contribution in [0.15, 0.2) is 46.9 Å². The second kappa shape index (κ2) is 6.06. The van der Waals surface area contributed by atoms with Gasteiger partial charge in [0, 0.05) is 22.8 Å². The molecule has 1 saturated carbocycles. The molecule has 1 N–H and O–H groups in total. The maximum atomic E-state index is 4.52. The molecule has 0 atom stereocenters. The number of benzene rings is 1. The molecule has 1 aliphatic rings. The third kappa shape index (κ3) is 3.10. The van der Waals surface area contributed by atoms with Crippen LogP contribution in [-0.2, 0) is 6.54 Å². The fourth-order valence-electron chi connectivity index (χ4n) is 2.79. The van der Waals surface area contributed by atoms with E-state index in [9.17, 15) is 0 Å². The Morgan fingerprint density at radius 3 is 2.70 bits per heavy atom. The molecule has 2 nitrogen and oxygen atoms in total. The standard InChI is InChI=1S/C17H19BrN2/c1-12-5-4-6-14(20-12)11-19-15-9-13(10-15)16-7-2-3-8-17(16)18/h2-8,13,15,19H,9-11H2,1H3. The molecular formula is C17H19BrN2. The zero-order valence-electron chi connectivity index (χ0n) is 11.6. The number of halogens is 1. The Hall–Kier alpha value is -1.19. The minimum Gasteiger partial charge on any atom is -0.308 e. The topological polar surface area (TPSA) is 24.9 Å². The van der Waals surface area contributed by atoms with Crippen LogP contribution in [0, 0.1) is 6.92 Å². The Bertz CT molecular complexity index is 591. The van der Waals surface area contributed by atoms with Crippen molar-refractivity contribution in [2.45, 2.75) is 38.3 Å². The van der Waals surface area contributed by atoms with Crippen LogP contribution in [-0.4, -0.2) is 11.0 Å². The van der Waals surface area contributed by atoms with E-state index < -0.39 is 0 Å². The van der Waals surface area contributed by atoms with E-state index in [-0.39, 0.29) is 0 Å². The molecule has 3 heteroatoms. The van der Waals surface area contributed by atoms with Crippen LogP contribution in [0.4, 0.5) is 0 Å². The van der Waals surface area contributed by atoms with E-state index in [2.05, 4.69) is 62.6 Å². The summed E-state index contributed by atoms with van der Waals surface area (Å²) in [4.78, 5) is 4.52. The lowest BCUT2D eigenvalue weighted by atomic mass is 9.76. The average molecular weight is 331 g/mol. The minimum absolute atomic E-state index is 0.620. The molecular weight excluding hydrogens is 312 g/mol. The number of hydrogen-bond acceptors (Lipinski definition) is 2. The Labute approximate surface area is 128 Å². The predicted molar refractivity (Wildman–Crippen MR) is 85.7 cm³/mol. The summed E-state index contributed by atoms with van der Waals surface area (Å²) in [5.41, 5.74) is 3.66. The van der Waals surface area contributed by atoms with Crippen LogP contribution in [0.5, 0.6) is 0 Å². The van der Waals surface area contributed by atoms with Gasteiger partial charge in [0.05, 0.1) is 5.69 Å². The third-order valence-electron chi connectivity index (χ3n) is 4.00. The van der Waals surface area contributed by atoms with E-state index in [1.54, 1.807) is 0 Å². The molecule has 1 heterocycles. The van der Waals surface area contributed by atoms with E-state index >= 15 is 0 Å². The third-order valence-corrected chi connectivity index (χ3v) is 4.72. The summed E-state index contributed by atoms with van der Waals surface area (Å²) in [6, 6.07) is 15.4. The maximum absolute atomic E-state index is 4.52. The van der Waals surface area contributed by atoms with Gasteiger partial charge in [0.1, 0.15) is 0 Å². The monoisotopic (exact) mass is 330 g/mol. The second-order valence-electron chi connectivity index (χ2n) is 5.54. The average Bonchev–Trinajstić information content (AvgIpc) is 2.39. The van der Waals surface area contributed by atoms with Gasteiger partial charge in [-0.1, -0.05) is 40.2 Å². The van der Waals surface area contributed by atoms with Crippen molar-refractivity contribution in [2.75, 3.05) is 0 Å². The molecule has 2 aromatic rings. The maximum Gasteiger partial charge on any atom is 0.0544 e. The molecule has 0 radical (unpaired) electrons. The van der Waals surface area contributed by atoms with Gasteiger partial charge in [-0.2, -0.15) is 0 Å². The smallest absolute Gasteiger partial charge is 0.0544 e. The fourth-order valence-corrected chi connectivity index (χ4v) is 3.40. The first-order chi connectivity index (χ1) is 9.72. The molecule has 0 amide bonds. The number of nitrogens with one attached hydrogen (secondary N) is 1. The Kier molecular flexibility index (Phi) is 4.18. The molecule has 1 aromatic carbocycles. The fraction of sp³-hybridized carbons (Fsp3) is 0.353. The van der Waals surface area contributed by atoms with E-state index in [1.807, 2.05) is 13.0 Å². The number of nitrogens with zero attached hydrogens (tertiary/aromatic N) is 1. The van der Waals surface area contributed by atoms with Crippen molar-refractivity contribution in [2.24, 2.45) is 0 Å². The molecule has 1 fully saturated rings. The van der Waals surface area contributed by atoms with Crippen LogP contribution in [0.25, 0.3) is 0 Å². The van der Waals surface area contributed by atoms with Crippen molar-refractivity contribution in [1.82, 2.24) is 10.3 Å². The van der Waals surface area contributed by atoms with Gasteiger partial charge in [0.15, 0.2) is 0 Å². The largest absolute Gasteiger partial charge is 0.308 e. The van der Waals surface area contributed by atoms with Gasteiger partial charge in [0.25, 0.3) is 0 Å². The molecule has 0 aliphatic heterocycles. The van der Waals surface area contributed by atoms with Gasteiger partial charge in [-0.25, -0.2) is 0 Å². The molecule has 1 aliphatic carbocycles. The highest BCUT2D eigenvalue weighted by Gasteiger charge is 2.30. The van der Waals surface area contributed by atoms with Crippen LogP contribution < -0.4 is 5.32 Å². The van der Waals surface area contributed by atoms with Gasteiger partial charge >= 0.3 is 0 Å². The molecule has 0 unspecified atom stereocenters. The van der Waals surface area contributed by atoms with E-state index in [0.29, 0.717) is 12.0 Å². The van der Waals surface area contributed by atoms with Crippen molar-refractivity contribution in [1.29, 1.82) is 0 Å². The number of hydrogen-bond donors (Lipinski definition) is 1. The highest BCUT2D eigenvalue weighted by atomic mass is 79.9. The summed E-state index contributed by atoms with van der Waals surface area (Å²) in [5.74, 6) is 0.688. The summed E-state index contributed by atoms with van der Waals surface area (Å²) in [6.45, 7) is 2.91. The summed E-state index contributed by atoms with van der Waals surface area (Å²) in [5, 5.41) is 3.60. The molecule has 20 heavy (non-hydrogen) atoms. The molecule has 3 rings (SSSR count). The van der Waals surface area contributed by atoms with E-state index in [0.717, 1.165) is 17.9 Å². The minimum atomic E-state index is 0.620. The molecule has 104 valence electrons. The summed E-state index contributed by atoms with van der Waals surface area (Å²) < 4.78 is 1.24. The van der Waals surface area contributed by atoms with E-state index in [4.69, 9.17) is 0 Å². The van der Waals surface area contributed by atoms with Gasteiger partial charge in [-0.15, -0.1) is 0 Å². The lowest BCUT2D eigenvalue weighted by Crippen LogP contribution is -2.39. The van der Waals surface area contributed by atoms with Crippen LogP contribution in [0.1, 0.15) is 35.7 Å². The van der Waals surface area contributed by atoms with Crippen LogP contribution >= 0.6 is 15.9 Å². The molecule has 0 spiro atoms. The Balaban J connectivity index is 1.50. The van der Waals surface area contributed by atoms with Crippen molar-refractivity contribution in [3.05, 3.63) is 63.9 Å². The van der Waals surface area contributed by atoms with Gasteiger partial charge in [-0.3, -0.25) is 4.98 Å². The summed E-state index contributed by atoms with van der Waals surface area (Å²) in [7, 11) is 0. The van der Waals surface area contributed by atoms with Crippen molar-refractivity contribution >= 4 is 15.9 Å². The van der Waals surface area contributed by atoms with Gasteiger partial charge in [0.2, 0.25) is 0 Å². The number of aryl methyl sites for hydroxylation is 1. The SMILES string of the molecule is Cc1cccc(CNC2CC(c3ccccc3Br)C2)n1. The number of rotatable bonds is 4. The zero-order valence-corrected chi connectivity index (χ0v) is 13.2.